The zero-order chi connectivity index (χ0) is 27.0. The maximum atomic E-state index is 15.5. The van der Waals surface area contributed by atoms with Crippen LogP contribution in [0.2, 0.25) is 5.02 Å². The van der Waals surface area contributed by atoms with Crippen LogP contribution < -0.4 is 11.1 Å². The lowest BCUT2D eigenvalue weighted by Gasteiger charge is -2.35. The maximum Gasteiger partial charge on any atom is 0.256 e. The number of aromatic nitrogens is 4. The number of hydrogen-bond donors (Lipinski definition) is 2. The molecule has 3 aromatic heterocycles. The molecule has 9 nitrogen and oxygen atoms in total. The molecule has 0 bridgehead atoms. The Morgan fingerprint density at radius 3 is 2.76 bits per heavy atom. The van der Waals surface area contributed by atoms with E-state index >= 15 is 4.39 Å². The molecule has 0 saturated carbocycles. The van der Waals surface area contributed by atoms with E-state index in [0.29, 0.717) is 40.5 Å². The molecule has 1 aliphatic heterocycles. The van der Waals surface area contributed by atoms with Crippen molar-refractivity contribution in [3.8, 4) is 11.3 Å². The molecule has 1 fully saturated rings. The van der Waals surface area contributed by atoms with Gasteiger partial charge in [-0.3, -0.25) is 14.3 Å². The topological polar surface area (TPSA) is 119 Å². The third-order valence-corrected chi connectivity index (χ3v) is 6.91. The molecule has 4 aromatic rings. The lowest BCUT2D eigenvalue weighted by Crippen LogP contribution is -2.37. The summed E-state index contributed by atoms with van der Waals surface area (Å²) in [5, 5.41) is 8.15. The molecule has 4 heterocycles. The number of amides is 1. The molecular formula is C27H25ClFN7O2. The average Bonchev–Trinajstić information content (AvgIpc) is 3.32. The molecule has 5 rings (SSSR count). The second-order valence-electron chi connectivity index (χ2n) is 9.12. The molecule has 0 radical (unpaired) electrons. The first kappa shape index (κ1) is 25.3. The molecule has 194 valence electrons. The number of carbonyl (C=O) groups excluding carboxylic acids is 2. The summed E-state index contributed by atoms with van der Waals surface area (Å²) in [7, 11) is 0. The molecule has 3 N–H and O–H groups in total. The average molecular weight is 534 g/mol. The minimum absolute atomic E-state index is 0.0996. The first-order valence-electron chi connectivity index (χ1n) is 12.0. The number of hydrogen-bond acceptors (Lipinski definition) is 7. The van der Waals surface area contributed by atoms with E-state index in [4.69, 9.17) is 22.4 Å². The van der Waals surface area contributed by atoms with Gasteiger partial charge in [-0.1, -0.05) is 24.2 Å². The number of rotatable bonds is 6. The number of nitrogen functional groups attached to an aromatic ring is 1. The third kappa shape index (κ3) is 4.70. The Labute approximate surface area is 223 Å². The number of piperidine rings is 1. The zero-order valence-corrected chi connectivity index (χ0v) is 21.4. The van der Waals surface area contributed by atoms with Gasteiger partial charge in [-0.25, -0.2) is 14.4 Å². The maximum absolute atomic E-state index is 15.5. The summed E-state index contributed by atoms with van der Waals surface area (Å²) in [6.45, 7) is 6.60. The van der Waals surface area contributed by atoms with Crippen molar-refractivity contribution in [2.24, 2.45) is 0 Å². The summed E-state index contributed by atoms with van der Waals surface area (Å²) < 4.78 is 17.2. The summed E-state index contributed by atoms with van der Waals surface area (Å²) in [5.74, 6) is -0.740. The highest BCUT2D eigenvalue weighted by Crippen LogP contribution is 2.39. The number of nitrogens with two attached hydrogens (primary N) is 1. The number of benzene rings is 1. The summed E-state index contributed by atoms with van der Waals surface area (Å²) >= 11 is 6.57. The predicted octanol–water partition coefficient (Wildman–Crippen LogP) is 4.86. The lowest BCUT2D eigenvalue weighted by molar-refractivity contribution is -0.115. The Kier molecular flexibility index (Phi) is 6.81. The van der Waals surface area contributed by atoms with E-state index in [1.807, 2.05) is 4.90 Å². The van der Waals surface area contributed by atoms with E-state index in [1.54, 1.807) is 29.1 Å². The van der Waals surface area contributed by atoms with E-state index in [9.17, 15) is 9.59 Å². The second-order valence-corrected chi connectivity index (χ2v) is 9.52. The normalized spacial score (nSPS) is 15.4. The number of anilines is 2. The Bertz CT molecular complexity index is 1570. The molecule has 0 aliphatic carbocycles. The molecule has 11 heteroatoms. The van der Waals surface area contributed by atoms with Crippen LogP contribution >= 0.6 is 11.6 Å². The summed E-state index contributed by atoms with van der Waals surface area (Å²) in [6.07, 6.45) is 4.56. The van der Waals surface area contributed by atoms with E-state index in [-0.39, 0.29) is 34.5 Å². The van der Waals surface area contributed by atoms with Gasteiger partial charge in [0.25, 0.3) is 5.91 Å². The van der Waals surface area contributed by atoms with Crippen molar-refractivity contribution in [3.05, 3.63) is 77.5 Å². The largest absolute Gasteiger partial charge is 0.383 e. The number of likely N-dealkylation sites (tertiary alicyclic amines) is 1. The van der Waals surface area contributed by atoms with Gasteiger partial charge in [-0.15, -0.1) is 0 Å². The highest BCUT2D eigenvalue weighted by Gasteiger charge is 2.29. The van der Waals surface area contributed by atoms with Crippen LogP contribution in [0.4, 0.5) is 16.0 Å². The molecule has 38 heavy (non-hydrogen) atoms. The van der Waals surface area contributed by atoms with Gasteiger partial charge in [0.2, 0.25) is 0 Å². The van der Waals surface area contributed by atoms with Gasteiger partial charge in [0.1, 0.15) is 23.1 Å². The van der Waals surface area contributed by atoms with Crippen molar-refractivity contribution >= 4 is 45.8 Å². The number of fused-ring (bicyclic) bond motifs is 1. The molecule has 1 saturated heterocycles. The van der Waals surface area contributed by atoms with Crippen LogP contribution in [0, 0.1) is 5.82 Å². The molecule has 0 spiro atoms. The lowest BCUT2D eigenvalue weighted by atomic mass is 10.0. The fraction of sp³-hybridized carbons (Fsp3) is 0.222. The monoisotopic (exact) mass is 533 g/mol. The first-order valence-corrected chi connectivity index (χ1v) is 12.4. The van der Waals surface area contributed by atoms with Gasteiger partial charge in [-0.2, -0.15) is 5.10 Å². The van der Waals surface area contributed by atoms with Crippen molar-refractivity contribution in [3.63, 3.8) is 0 Å². The van der Waals surface area contributed by atoms with Crippen LogP contribution in [0.1, 0.15) is 36.2 Å². The fourth-order valence-electron chi connectivity index (χ4n) is 4.71. The van der Waals surface area contributed by atoms with Gasteiger partial charge in [0.05, 0.1) is 33.9 Å². The van der Waals surface area contributed by atoms with E-state index in [1.165, 1.54) is 25.3 Å². The number of carbonyl (C=O) groups is 2. The number of Topliss-reactive ketones (excluding diaryl/α,β-unsaturated/α-hetero) is 1. The Morgan fingerprint density at radius 1 is 1.24 bits per heavy atom. The van der Waals surface area contributed by atoms with Crippen LogP contribution in [0.25, 0.3) is 22.2 Å². The third-order valence-electron chi connectivity index (χ3n) is 6.63. The van der Waals surface area contributed by atoms with Crippen molar-refractivity contribution in [2.75, 3.05) is 24.1 Å². The van der Waals surface area contributed by atoms with Crippen molar-refractivity contribution in [1.29, 1.82) is 0 Å². The van der Waals surface area contributed by atoms with E-state index in [0.717, 1.165) is 18.9 Å². The van der Waals surface area contributed by atoms with Crippen LogP contribution in [-0.2, 0) is 4.79 Å². The van der Waals surface area contributed by atoms with Crippen molar-refractivity contribution in [2.45, 2.75) is 25.8 Å². The van der Waals surface area contributed by atoms with Gasteiger partial charge in [0, 0.05) is 37.3 Å². The molecular weight excluding hydrogens is 509 g/mol. The zero-order valence-electron chi connectivity index (χ0n) is 20.6. The summed E-state index contributed by atoms with van der Waals surface area (Å²) in [4.78, 5) is 34.7. The Balaban J connectivity index is 1.54. The molecule has 1 aromatic carbocycles. The number of nitrogens with one attached hydrogen (secondary N) is 1. The number of ketones is 1. The van der Waals surface area contributed by atoms with Gasteiger partial charge >= 0.3 is 0 Å². The molecule has 1 aliphatic rings. The standard InChI is InChI=1S/C27H25ClFN7O2/c1-15(16(2)37)35-11-5-6-18(14-35)36-25-20(28)13-32-26(30)23(25)24(34-36)19-9-8-17(12-21(19)29)27(38)33-22-7-3-4-10-31-22/h3-4,7-10,12-13,18H,1,5-6,11,14H2,2H3,(H2,30,32)(H,31,33,38)/t18-/m1/s1. The smallest absolute Gasteiger partial charge is 0.256 e. The van der Waals surface area contributed by atoms with Gasteiger partial charge in [-0.05, 0) is 43.2 Å². The number of halogens is 2. The highest BCUT2D eigenvalue weighted by molar-refractivity contribution is 6.35. The number of pyridine rings is 2. The Hall–Kier alpha value is -4.31. The molecule has 1 amide bonds. The number of nitrogens with zero attached hydrogens (tertiary/aromatic N) is 5. The molecule has 1 atom stereocenters. The van der Waals surface area contributed by atoms with E-state index < -0.39 is 11.7 Å². The first-order chi connectivity index (χ1) is 18.2. The predicted molar refractivity (Wildman–Crippen MR) is 144 cm³/mol. The summed E-state index contributed by atoms with van der Waals surface area (Å²) in [5.41, 5.74) is 7.76. The van der Waals surface area contributed by atoms with E-state index in [2.05, 4.69) is 21.9 Å². The van der Waals surface area contributed by atoms with Crippen LogP contribution in [0.15, 0.2) is 61.1 Å². The van der Waals surface area contributed by atoms with Crippen LogP contribution in [-0.4, -0.2) is 49.4 Å². The number of allylic oxidation sites excluding steroid dienone is 1. The minimum atomic E-state index is -0.653. The van der Waals surface area contributed by atoms with Crippen molar-refractivity contribution in [1.82, 2.24) is 24.6 Å². The van der Waals surface area contributed by atoms with Gasteiger partial charge < -0.3 is 16.0 Å². The van der Waals surface area contributed by atoms with Gasteiger partial charge in [0.15, 0.2) is 5.78 Å². The fourth-order valence-corrected chi connectivity index (χ4v) is 4.94. The highest BCUT2D eigenvalue weighted by atomic mass is 35.5. The molecule has 0 unspecified atom stereocenters. The van der Waals surface area contributed by atoms with Crippen LogP contribution in [0.5, 0.6) is 0 Å². The quantitative estimate of drug-likeness (QED) is 0.340. The minimum Gasteiger partial charge on any atom is -0.383 e. The second kappa shape index (κ2) is 10.2. The van der Waals surface area contributed by atoms with Crippen LogP contribution in [0.3, 0.4) is 0 Å². The summed E-state index contributed by atoms with van der Waals surface area (Å²) in [6, 6.07) is 9.07. The SMILES string of the molecule is C=C(C(C)=O)N1CCC[C@@H](n2nc(-c3ccc(C(=O)Nc4ccccn4)cc3F)c3c(N)ncc(Cl)c32)C1. The van der Waals surface area contributed by atoms with Crippen molar-refractivity contribution < 1.29 is 14.0 Å². The Morgan fingerprint density at radius 2 is 2.05 bits per heavy atom.